The molecule has 9 aromatic rings. The fourth-order valence-corrected chi connectivity index (χ4v) is 10.1. The van der Waals surface area contributed by atoms with E-state index >= 15 is 0 Å². The number of hydrogen-bond acceptors (Lipinski definition) is 0. The quantitative estimate of drug-likeness (QED) is 0.162. The Morgan fingerprint density at radius 1 is 0.327 bits per heavy atom. The average molecular weight is 657 g/mol. The van der Waals surface area contributed by atoms with E-state index in [2.05, 4.69) is 182 Å². The predicted octanol–water partition coefficient (Wildman–Crippen LogP) is 14.1. The summed E-state index contributed by atoms with van der Waals surface area (Å²) in [5, 5.41) is 10.6. The van der Waals surface area contributed by atoms with E-state index in [9.17, 15) is 0 Å². The summed E-state index contributed by atoms with van der Waals surface area (Å²) >= 11 is 0. The Morgan fingerprint density at radius 3 is 1.65 bits per heavy atom. The van der Waals surface area contributed by atoms with Gasteiger partial charge in [0.1, 0.15) is 0 Å². The van der Waals surface area contributed by atoms with Crippen molar-refractivity contribution in [1.29, 1.82) is 0 Å². The van der Waals surface area contributed by atoms with Gasteiger partial charge in [-0.3, -0.25) is 0 Å². The topological polar surface area (TPSA) is 0 Å². The van der Waals surface area contributed by atoms with E-state index in [1.165, 1.54) is 110 Å². The number of allylic oxidation sites excluding steroid dienone is 4. The van der Waals surface area contributed by atoms with Gasteiger partial charge in [-0.2, -0.15) is 0 Å². The van der Waals surface area contributed by atoms with Gasteiger partial charge in [-0.15, -0.1) is 0 Å². The summed E-state index contributed by atoms with van der Waals surface area (Å²) in [5.41, 5.74) is 16.2. The second-order valence-corrected chi connectivity index (χ2v) is 14.7. The molecule has 0 saturated carbocycles. The first-order valence-electron chi connectivity index (χ1n) is 18.4. The van der Waals surface area contributed by atoms with E-state index in [4.69, 9.17) is 0 Å². The smallest absolute Gasteiger partial charge is 0.0205 e. The Kier molecular flexibility index (Phi) is 5.71. The molecule has 3 aliphatic carbocycles. The summed E-state index contributed by atoms with van der Waals surface area (Å²) < 4.78 is 0. The zero-order valence-electron chi connectivity index (χ0n) is 28.5. The van der Waals surface area contributed by atoms with Crippen LogP contribution in [0, 0.1) is 0 Å². The third-order valence-electron chi connectivity index (χ3n) is 12.2. The maximum absolute atomic E-state index is 2.45. The molecule has 0 radical (unpaired) electrons. The lowest BCUT2D eigenvalue weighted by Crippen LogP contribution is -2.19. The number of benzene rings is 9. The molecule has 2 unspecified atom stereocenters. The van der Waals surface area contributed by atoms with Crippen molar-refractivity contribution in [2.75, 3.05) is 0 Å². The van der Waals surface area contributed by atoms with Gasteiger partial charge < -0.3 is 0 Å². The van der Waals surface area contributed by atoms with Crippen LogP contribution in [0.25, 0.3) is 93.2 Å². The molecule has 0 aliphatic heterocycles. The van der Waals surface area contributed by atoms with Gasteiger partial charge in [0.05, 0.1) is 0 Å². The van der Waals surface area contributed by atoms with Crippen molar-refractivity contribution in [2.45, 2.75) is 11.8 Å². The van der Waals surface area contributed by atoms with Crippen molar-refractivity contribution in [1.82, 2.24) is 0 Å². The first kappa shape index (κ1) is 28.2. The van der Waals surface area contributed by atoms with E-state index in [1.54, 1.807) is 0 Å². The first-order valence-corrected chi connectivity index (χ1v) is 18.4. The standard InChI is InChI=1S/C52H32/c1-3-14-37-33(12-1)35-16-5-7-18-41(35)50-32(20-9-21-43(37)50)31-26-27-40-48-29-28-39(46-24-11-25-47(52(46)48)49(40)30-31)45-23-10-22-44-38-15-4-2-13-34(38)36-17-6-8-19-42(36)51(44)45/h1-30,44,51H. The molecule has 0 N–H and O–H groups in total. The van der Waals surface area contributed by atoms with Crippen LogP contribution in [0.5, 0.6) is 0 Å². The lowest BCUT2D eigenvalue weighted by molar-refractivity contribution is 0.736. The van der Waals surface area contributed by atoms with Crippen LogP contribution in [-0.2, 0) is 0 Å². The number of fused-ring (bicyclic) bond motifs is 15. The van der Waals surface area contributed by atoms with Crippen LogP contribution in [0.4, 0.5) is 0 Å². The van der Waals surface area contributed by atoms with Gasteiger partial charge in [-0.1, -0.05) is 176 Å². The first-order chi connectivity index (χ1) is 25.8. The normalized spacial score (nSPS) is 16.5. The molecule has 0 heteroatoms. The largest absolute Gasteiger partial charge is 0.0760 e. The van der Waals surface area contributed by atoms with Crippen molar-refractivity contribution in [2.24, 2.45) is 0 Å². The monoisotopic (exact) mass is 656 g/mol. The van der Waals surface area contributed by atoms with Gasteiger partial charge in [0.2, 0.25) is 0 Å². The van der Waals surface area contributed by atoms with E-state index < -0.39 is 0 Å². The molecule has 0 saturated heterocycles. The fourth-order valence-electron chi connectivity index (χ4n) is 10.1. The summed E-state index contributed by atoms with van der Waals surface area (Å²) in [6.45, 7) is 0. The molecule has 0 fully saturated rings. The van der Waals surface area contributed by atoms with E-state index in [1.807, 2.05) is 0 Å². The minimum absolute atomic E-state index is 0.265. The third kappa shape index (κ3) is 3.71. The fraction of sp³-hybridized carbons (Fsp3) is 0.0385. The summed E-state index contributed by atoms with van der Waals surface area (Å²) in [7, 11) is 0. The molecule has 0 aromatic heterocycles. The number of rotatable bonds is 2. The third-order valence-corrected chi connectivity index (χ3v) is 12.2. The highest BCUT2D eigenvalue weighted by Gasteiger charge is 2.37. The Balaban J connectivity index is 1.04. The van der Waals surface area contributed by atoms with Crippen LogP contribution in [0.2, 0.25) is 0 Å². The van der Waals surface area contributed by atoms with Crippen LogP contribution in [0.15, 0.2) is 182 Å². The summed E-state index contributed by atoms with van der Waals surface area (Å²) in [6.07, 6.45) is 7.09. The minimum atomic E-state index is 0.265. The van der Waals surface area contributed by atoms with Gasteiger partial charge in [-0.25, -0.2) is 0 Å². The maximum atomic E-state index is 2.45. The summed E-state index contributed by atoms with van der Waals surface area (Å²) in [5.74, 6) is 0.573. The van der Waals surface area contributed by atoms with Crippen LogP contribution < -0.4 is 0 Å². The van der Waals surface area contributed by atoms with Crippen LogP contribution in [-0.4, -0.2) is 0 Å². The summed E-state index contributed by atoms with van der Waals surface area (Å²) in [6, 6.07) is 61.6. The maximum Gasteiger partial charge on any atom is 0.0205 e. The van der Waals surface area contributed by atoms with Gasteiger partial charge in [-0.05, 0) is 116 Å². The molecule has 0 bridgehead atoms. The molecule has 9 aromatic carbocycles. The predicted molar refractivity (Wildman–Crippen MR) is 221 cm³/mol. The van der Waals surface area contributed by atoms with Crippen LogP contribution >= 0.6 is 0 Å². The average Bonchev–Trinajstić information content (AvgIpc) is 3.54. The van der Waals surface area contributed by atoms with Gasteiger partial charge in [0, 0.05) is 11.8 Å². The van der Waals surface area contributed by atoms with E-state index in [-0.39, 0.29) is 5.92 Å². The molecular formula is C52H32. The molecule has 0 amide bonds. The van der Waals surface area contributed by atoms with E-state index in [0.29, 0.717) is 5.92 Å². The highest BCUT2D eigenvalue weighted by molar-refractivity contribution is 6.28. The molecule has 240 valence electrons. The highest BCUT2D eigenvalue weighted by atomic mass is 14.4. The molecule has 2 atom stereocenters. The lowest BCUT2D eigenvalue weighted by Gasteiger charge is -2.37. The molecular weight excluding hydrogens is 625 g/mol. The van der Waals surface area contributed by atoms with E-state index in [0.717, 1.165) is 0 Å². The highest BCUT2D eigenvalue weighted by Crippen LogP contribution is 2.57. The zero-order chi connectivity index (χ0) is 33.9. The van der Waals surface area contributed by atoms with Gasteiger partial charge >= 0.3 is 0 Å². The van der Waals surface area contributed by atoms with Crippen molar-refractivity contribution >= 4 is 48.7 Å². The zero-order valence-corrected chi connectivity index (χ0v) is 28.5. The van der Waals surface area contributed by atoms with Gasteiger partial charge in [0.15, 0.2) is 0 Å². The van der Waals surface area contributed by atoms with Crippen LogP contribution in [0.1, 0.15) is 28.5 Å². The molecule has 12 rings (SSSR count). The lowest BCUT2D eigenvalue weighted by atomic mass is 9.65. The van der Waals surface area contributed by atoms with Gasteiger partial charge in [0.25, 0.3) is 0 Å². The van der Waals surface area contributed by atoms with Crippen molar-refractivity contribution in [3.05, 3.63) is 199 Å². The van der Waals surface area contributed by atoms with Crippen molar-refractivity contribution in [3.8, 4) is 44.5 Å². The van der Waals surface area contributed by atoms with Crippen molar-refractivity contribution in [3.63, 3.8) is 0 Å². The molecule has 0 heterocycles. The Labute approximate surface area is 302 Å². The minimum Gasteiger partial charge on any atom is -0.0760 e. The Bertz CT molecular complexity index is 3030. The van der Waals surface area contributed by atoms with Crippen molar-refractivity contribution < 1.29 is 0 Å². The molecule has 3 aliphatic rings. The molecule has 0 nitrogen and oxygen atoms in total. The van der Waals surface area contributed by atoms with Crippen LogP contribution in [0.3, 0.4) is 0 Å². The summed E-state index contributed by atoms with van der Waals surface area (Å²) in [4.78, 5) is 0. The SMILES string of the molecule is C1=CC2c3ccccc3-c3ccccc3C2C(c2ccc3c4c(cccc24)-c2cc(-c4cccc5c6ccccc6c6ccccc6c45)ccc2-3)=C1. The Hall–Kier alpha value is -6.50. The second kappa shape index (κ2) is 10.5. The number of hydrogen-bond donors (Lipinski definition) is 0. The Morgan fingerprint density at radius 2 is 0.865 bits per heavy atom. The molecule has 0 spiro atoms. The second-order valence-electron chi connectivity index (χ2n) is 14.7. The molecule has 52 heavy (non-hydrogen) atoms.